The van der Waals surface area contributed by atoms with Crippen LogP contribution in [0, 0.1) is 12.4 Å². The third-order valence-electron chi connectivity index (χ3n) is 1.45. The van der Waals surface area contributed by atoms with E-state index in [-0.39, 0.29) is 5.69 Å². The first-order chi connectivity index (χ1) is 6.94. The molecule has 0 fully saturated rings. The Morgan fingerprint density at radius 3 is 2.53 bits per heavy atom. The number of rotatable bonds is 2. The summed E-state index contributed by atoms with van der Waals surface area (Å²) in [6.45, 7) is 4.97. The van der Waals surface area contributed by atoms with Crippen molar-refractivity contribution in [2.24, 2.45) is 0 Å². The van der Waals surface area contributed by atoms with Crippen molar-refractivity contribution in [3.63, 3.8) is 0 Å². The van der Waals surface area contributed by atoms with Crippen LogP contribution < -0.4 is 4.74 Å². The normalized spacial score (nSPS) is 10.9. The number of hydrogen-bond donors (Lipinski definition) is 0. The van der Waals surface area contributed by atoms with E-state index >= 15 is 0 Å². The zero-order chi connectivity index (χ0) is 11.5. The highest BCUT2D eigenvalue weighted by Crippen LogP contribution is 2.27. The van der Waals surface area contributed by atoms with Gasteiger partial charge in [0.15, 0.2) is 12.4 Å². The van der Waals surface area contributed by atoms with E-state index in [2.05, 4.69) is 9.58 Å². The van der Waals surface area contributed by atoms with Gasteiger partial charge in [0.1, 0.15) is 5.75 Å². The molecule has 0 aromatic heterocycles. The minimum absolute atomic E-state index is 0.366. The summed E-state index contributed by atoms with van der Waals surface area (Å²) >= 11 is 0. The highest BCUT2D eigenvalue weighted by Gasteiger charge is 2.29. The van der Waals surface area contributed by atoms with Crippen LogP contribution in [-0.4, -0.2) is 12.8 Å². The van der Waals surface area contributed by atoms with Gasteiger partial charge in [-0.2, -0.15) is 13.2 Å². The van der Waals surface area contributed by atoms with Gasteiger partial charge in [0.25, 0.3) is 0 Å². The molecule has 0 bridgehead atoms. The molecule has 0 heterocycles. The van der Waals surface area contributed by atoms with Crippen LogP contribution >= 0.6 is 0 Å². The van der Waals surface area contributed by atoms with E-state index in [9.17, 15) is 17.6 Å². The molecule has 1 aromatic carbocycles. The minimum atomic E-state index is -4.53. The van der Waals surface area contributed by atoms with Crippen molar-refractivity contribution >= 4 is 5.69 Å². The zero-order valence-electron chi connectivity index (χ0n) is 7.31. The molecule has 0 atom stereocenters. The second-order valence-corrected chi connectivity index (χ2v) is 2.60. The average molecular weight is 219 g/mol. The molecule has 1 aromatic rings. The van der Waals surface area contributed by atoms with Gasteiger partial charge in [0, 0.05) is 0 Å². The highest BCUT2D eigenvalue weighted by atomic mass is 19.4. The first-order valence-corrected chi connectivity index (χ1v) is 3.79. The molecule has 0 N–H and O–H groups in total. The van der Waals surface area contributed by atoms with Crippen molar-refractivity contribution < 1.29 is 22.3 Å². The van der Waals surface area contributed by atoms with Crippen LogP contribution in [0.3, 0.4) is 0 Å². The summed E-state index contributed by atoms with van der Waals surface area (Å²) in [5.74, 6) is -1.64. The van der Waals surface area contributed by atoms with Gasteiger partial charge in [0.2, 0.25) is 5.69 Å². The fourth-order valence-corrected chi connectivity index (χ4v) is 0.857. The molecule has 0 spiro atoms. The van der Waals surface area contributed by atoms with Crippen LogP contribution in [0.2, 0.25) is 0 Å². The predicted molar refractivity (Wildman–Crippen MR) is 44.2 cm³/mol. The molecule has 0 radical (unpaired) electrons. The number of hydrogen-bond acceptors (Lipinski definition) is 1. The van der Waals surface area contributed by atoms with Crippen molar-refractivity contribution in [3.05, 3.63) is 35.4 Å². The summed E-state index contributed by atoms with van der Waals surface area (Å²) in [5, 5.41) is 0. The van der Waals surface area contributed by atoms with Crippen LogP contribution in [0.4, 0.5) is 23.2 Å². The Hall–Kier alpha value is -1.77. The van der Waals surface area contributed by atoms with Crippen molar-refractivity contribution in [1.82, 2.24) is 0 Å². The largest absolute Gasteiger partial charge is 0.482 e. The van der Waals surface area contributed by atoms with Gasteiger partial charge < -0.3 is 4.74 Å². The third kappa shape index (κ3) is 3.13. The Labute approximate surface area is 82.9 Å². The smallest absolute Gasteiger partial charge is 0.422 e. The standard InChI is InChI=1S/C9H5F4NO/c1-14-6-3-2-4-7(8(6)10)15-5-9(11,12)13/h2-4H,5H2. The lowest BCUT2D eigenvalue weighted by molar-refractivity contribution is -0.153. The minimum Gasteiger partial charge on any atom is -0.482 e. The van der Waals surface area contributed by atoms with Gasteiger partial charge in [-0.3, -0.25) is 0 Å². The van der Waals surface area contributed by atoms with E-state index in [0.29, 0.717) is 0 Å². The van der Waals surface area contributed by atoms with Crippen molar-refractivity contribution in [2.75, 3.05) is 6.61 Å². The summed E-state index contributed by atoms with van der Waals surface area (Å²) in [6.07, 6.45) is -4.53. The summed E-state index contributed by atoms with van der Waals surface area (Å²) in [5.41, 5.74) is -0.366. The average Bonchev–Trinajstić information content (AvgIpc) is 2.15. The van der Waals surface area contributed by atoms with E-state index < -0.39 is 24.3 Å². The summed E-state index contributed by atoms with van der Waals surface area (Å²) < 4.78 is 52.6. The van der Waals surface area contributed by atoms with Gasteiger partial charge in [-0.15, -0.1) is 0 Å². The van der Waals surface area contributed by atoms with Crippen molar-refractivity contribution in [3.8, 4) is 5.75 Å². The van der Waals surface area contributed by atoms with E-state index in [0.717, 1.165) is 12.1 Å². The van der Waals surface area contributed by atoms with E-state index in [1.165, 1.54) is 6.07 Å². The molecule has 0 aliphatic rings. The fraction of sp³-hybridized carbons (Fsp3) is 0.222. The maximum Gasteiger partial charge on any atom is 0.422 e. The van der Waals surface area contributed by atoms with Crippen LogP contribution in [0.5, 0.6) is 5.75 Å². The van der Waals surface area contributed by atoms with Gasteiger partial charge in [-0.25, -0.2) is 9.24 Å². The van der Waals surface area contributed by atoms with Crippen LogP contribution in [0.25, 0.3) is 4.85 Å². The lowest BCUT2D eigenvalue weighted by Gasteiger charge is -2.09. The number of ether oxygens (including phenoxy) is 1. The zero-order valence-corrected chi connectivity index (χ0v) is 7.31. The molecule has 80 valence electrons. The third-order valence-corrected chi connectivity index (χ3v) is 1.45. The molecule has 6 heteroatoms. The second kappa shape index (κ2) is 4.17. The second-order valence-electron chi connectivity index (χ2n) is 2.60. The Morgan fingerprint density at radius 2 is 2.00 bits per heavy atom. The molecule has 0 aliphatic heterocycles. The fourth-order valence-electron chi connectivity index (χ4n) is 0.857. The maximum atomic E-state index is 13.1. The number of benzene rings is 1. The summed E-state index contributed by atoms with van der Waals surface area (Å²) in [6, 6.07) is 3.45. The number of halogens is 4. The Kier molecular flexibility index (Phi) is 3.14. The van der Waals surface area contributed by atoms with Crippen molar-refractivity contribution in [2.45, 2.75) is 6.18 Å². The molecule has 15 heavy (non-hydrogen) atoms. The molecule has 0 saturated carbocycles. The first kappa shape index (κ1) is 11.3. The van der Waals surface area contributed by atoms with Crippen molar-refractivity contribution in [1.29, 1.82) is 0 Å². The molecule has 0 saturated heterocycles. The van der Waals surface area contributed by atoms with Gasteiger partial charge in [-0.05, 0) is 6.07 Å². The molecular weight excluding hydrogens is 214 g/mol. The maximum absolute atomic E-state index is 13.1. The summed E-state index contributed by atoms with van der Waals surface area (Å²) in [7, 11) is 0. The summed E-state index contributed by atoms with van der Waals surface area (Å²) in [4.78, 5) is 2.79. The monoisotopic (exact) mass is 219 g/mol. The van der Waals surface area contributed by atoms with E-state index in [1.54, 1.807) is 0 Å². The lowest BCUT2D eigenvalue weighted by Crippen LogP contribution is -2.19. The lowest BCUT2D eigenvalue weighted by atomic mass is 10.3. The molecule has 0 amide bonds. The topological polar surface area (TPSA) is 13.6 Å². The SMILES string of the molecule is [C-]#[N+]c1cccc(OCC(F)(F)F)c1F. The quantitative estimate of drug-likeness (QED) is 0.549. The molecular formula is C9H5F4NO. The van der Waals surface area contributed by atoms with Gasteiger partial charge in [-0.1, -0.05) is 12.1 Å². The molecule has 1 rings (SSSR count). The predicted octanol–water partition coefficient (Wildman–Crippen LogP) is 3.32. The molecule has 2 nitrogen and oxygen atoms in total. The van der Waals surface area contributed by atoms with Crippen LogP contribution in [-0.2, 0) is 0 Å². The number of nitrogens with zero attached hydrogens (tertiary/aromatic N) is 1. The first-order valence-electron chi connectivity index (χ1n) is 3.79. The van der Waals surface area contributed by atoms with Gasteiger partial charge in [0.05, 0.1) is 6.57 Å². The molecule has 0 aliphatic carbocycles. The van der Waals surface area contributed by atoms with E-state index in [1.807, 2.05) is 0 Å². The Bertz CT molecular complexity index is 394. The molecule has 0 unspecified atom stereocenters. The van der Waals surface area contributed by atoms with Crippen LogP contribution in [0.15, 0.2) is 18.2 Å². The Balaban J connectivity index is 2.83. The number of alkyl halides is 3. The van der Waals surface area contributed by atoms with Crippen LogP contribution in [0.1, 0.15) is 0 Å². The Morgan fingerprint density at radius 1 is 1.33 bits per heavy atom. The van der Waals surface area contributed by atoms with Gasteiger partial charge >= 0.3 is 6.18 Å². The van der Waals surface area contributed by atoms with E-state index in [4.69, 9.17) is 6.57 Å². The highest BCUT2D eigenvalue weighted by molar-refractivity contribution is 5.50.